The van der Waals surface area contributed by atoms with E-state index in [1.165, 1.54) is 18.4 Å². The van der Waals surface area contributed by atoms with E-state index in [2.05, 4.69) is 46.4 Å². The normalized spacial score (nSPS) is 35.0. The first-order valence-electron chi connectivity index (χ1n) is 8.55. The third-order valence-corrected chi connectivity index (χ3v) is 5.91. The molecule has 0 amide bonds. The average Bonchev–Trinajstić information content (AvgIpc) is 2.76. The minimum absolute atomic E-state index is 0.297. The number of aliphatic hydroxyl groups excluding tert-OH is 1. The van der Waals surface area contributed by atoms with Crippen LogP contribution in [0.1, 0.15) is 66.2 Å². The van der Waals surface area contributed by atoms with Crippen molar-refractivity contribution in [2.24, 2.45) is 17.3 Å². The molecule has 0 saturated heterocycles. The SMILES string of the molecule is C=C1CCC(O)C(C)=CCC2=CCC(C(C)C)C2(C)CC1. The molecule has 3 unspecified atom stereocenters. The smallest absolute Gasteiger partial charge is 0.0750 e. The Morgan fingerprint density at radius 2 is 2.00 bits per heavy atom. The average molecular weight is 288 g/mol. The van der Waals surface area contributed by atoms with Gasteiger partial charge in [0, 0.05) is 0 Å². The lowest BCUT2D eigenvalue weighted by atomic mass is 9.67. The molecule has 0 saturated carbocycles. The van der Waals surface area contributed by atoms with Gasteiger partial charge in [0.05, 0.1) is 6.10 Å². The van der Waals surface area contributed by atoms with E-state index in [1.54, 1.807) is 5.57 Å². The second-order valence-corrected chi connectivity index (χ2v) is 7.69. The summed E-state index contributed by atoms with van der Waals surface area (Å²) in [6.07, 6.45) is 10.7. The van der Waals surface area contributed by atoms with E-state index in [0.29, 0.717) is 5.41 Å². The molecule has 0 aliphatic heterocycles. The predicted octanol–water partition coefficient (Wildman–Crippen LogP) is 5.42. The van der Waals surface area contributed by atoms with E-state index in [-0.39, 0.29) is 6.10 Å². The van der Waals surface area contributed by atoms with Crippen molar-refractivity contribution in [3.63, 3.8) is 0 Å². The fraction of sp³-hybridized carbons (Fsp3) is 0.700. The zero-order valence-electron chi connectivity index (χ0n) is 14.3. The summed E-state index contributed by atoms with van der Waals surface area (Å²) in [7, 11) is 0. The Morgan fingerprint density at radius 3 is 2.67 bits per heavy atom. The van der Waals surface area contributed by atoms with Gasteiger partial charge in [-0.05, 0) is 68.3 Å². The molecule has 2 aliphatic rings. The van der Waals surface area contributed by atoms with Gasteiger partial charge in [-0.2, -0.15) is 0 Å². The number of hydrogen-bond acceptors (Lipinski definition) is 1. The Morgan fingerprint density at radius 1 is 1.29 bits per heavy atom. The van der Waals surface area contributed by atoms with Gasteiger partial charge in [0.2, 0.25) is 0 Å². The largest absolute Gasteiger partial charge is 0.389 e. The molecular weight excluding hydrogens is 256 g/mol. The summed E-state index contributed by atoms with van der Waals surface area (Å²) in [4.78, 5) is 0. The van der Waals surface area contributed by atoms with E-state index < -0.39 is 0 Å². The zero-order chi connectivity index (χ0) is 15.6. The summed E-state index contributed by atoms with van der Waals surface area (Å²) in [5.41, 5.74) is 4.32. The minimum atomic E-state index is -0.297. The molecule has 2 aliphatic carbocycles. The first-order valence-corrected chi connectivity index (χ1v) is 8.55. The first-order chi connectivity index (χ1) is 9.84. The van der Waals surface area contributed by atoms with Gasteiger partial charge in [-0.1, -0.05) is 50.6 Å². The van der Waals surface area contributed by atoms with Crippen molar-refractivity contribution in [2.45, 2.75) is 72.3 Å². The topological polar surface area (TPSA) is 20.2 Å². The van der Waals surface area contributed by atoms with Crippen LogP contribution in [0.2, 0.25) is 0 Å². The van der Waals surface area contributed by atoms with Crippen molar-refractivity contribution in [1.29, 1.82) is 0 Å². The number of hydrogen-bond donors (Lipinski definition) is 1. The van der Waals surface area contributed by atoms with Crippen molar-refractivity contribution in [3.8, 4) is 0 Å². The van der Waals surface area contributed by atoms with Crippen molar-refractivity contribution in [1.82, 2.24) is 0 Å². The molecule has 3 atom stereocenters. The predicted molar refractivity (Wildman–Crippen MR) is 91.1 cm³/mol. The van der Waals surface area contributed by atoms with Gasteiger partial charge in [0.1, 0.15) is 0 Å². The molecule has 2 rings (SSSR count). The minimum Gasteiger partial charge on any atom is -0.389 e. The van der Waals surface area contributed by atoms with Crippen LogP contribution in [-0.4, -0.2) is 11.2 Å². The molecule has 0 aromatic carbocycles. The van der Waals surface area contributed by atoms with Gasteiger partial charge in [-0.25, -0.2) is 0 Å². The Hall–Kier alpha value is -0.820. The number of allylic oxidation sites excluding steroid dienone is 4. The standard InChI is InChI=1S/C20H32O/c1-14(2)18-10-9-17-8-7-16(4)19(21)11-6-15(3)12-13-20(17,18)5/h7,9,14,18-19,21H,3,6,8,10-13H2,1-2,4-5H3. The molecular formula is C20H32O. The molecule has 0 spiro atoms. The van der Waals surface area contributed by atoms with Crippen LogP contribution >= 0.6 is 0 Å². The lowest BCUT2D eigenvalue weighted by molar-refractivity contribution is 0.182. The van der Waals surface area contributed by atoms with Crippen LogP contribution < -0.4 is 0 Å². The molecule has 1 heteroatoms. The van der Waals surface area contributed by atoms with Gasteiger partial charge in [-0.15, -0.1) is 0 Å². The molecule has 0 aromatic rings. The van der Waals surface area contributed by atoms with Crippen molar-refractivity contribution in [3.05, 3.63) is 35.5 Å². The lowest BCUT2D eigenvalue weighted by Gasteiger charge is -2.38. The highest BCUT2D eigenvalue weighted by Gasteiger charge is 2.41. The van der Waals surface area contributed by atoms with E-state index in [1.807, 2.05) is 0 Å². The Balaban J connectivity index is 2.29. The van der Waals surface area contributed by atoms with E-state index >= 15 is 0 Å². The molecule has 1 N–H and O–H groups in total. The third-order valence-electron chi connectivity index (χ3n) is 5.91. The van der Waals surface area contributed by atoms with Crippen molar-refractivity contribution in [2.75, 3.05) is 0 Å². The first kappa shape index (κ1) is 16.5. The molecule has 0 radical (unpaired) electrons. The summed E-state index contributed by atoms with van der Waals surface area (Å²) >= 11 is 0. The lowest BCUT2D eigenvalue weighted by Crippen LogP contribution is -2.29. The number of fused-ring (bicyclic) bond motifs is 1. The van der Waals surface area contributed by atoms with Crippen LogP contribution in [0.4, 0.5) is 0 Å². The second-order valence-electron chi connectivity index (χ2n) is 7.69. The second kappa shape index (κ2) is 6.52. The highest BCUT2D eigenvalue weighted by atomic mass is 16.3. The fourth-order valence-electron chi connectivity index (χ4n) is 4.21. The van der Waals surface area contributed by atoms with E-state index in [4.69, 9.17) is 0 Å². The molecule has 0 aromatic heterocycles. The van der Waals surface area contributed by atoms with Crippen LogP contribution in [0.25, 0.3) is 0 Å². The Labute approximate surface area is 130 Å². The summed E-state index contributed by atoms with van der Waals surface area (Å²) in [5, 5.41) is 10.2. The highest BCUT2D eigenvalue weighted by Crippen LogP contribution is 2.52. The summed E-state index contributed by atoms with van der Waals surface area (Å²) in [6, 6.07) is 0. The quantitative estimate of drug-likeness (QED) is 0.638. The van der Waals surface area contributed by atoms with Gasteiger partial charge >= 0.3 is 0 Å². The maximum absolute atomic E-state index is 10.2. The monoisotopic (exact) mass is 288 g/mol. The summed E-state index contributed by atoms with van der Waals surface area (Å²) in [5.74, 6) is 1.47. The van der Waals surface area contributed by atoms with Crippen LogP contribution in [-0.2, 0) is 0 Å². The summed E-state index contributed by atoms with van der Waals surface area (Å²) < 4.78 is 0. The molecule has 21 heavy (non-hydrogen) atoms. The van der Waals surface area contributed by atoms with Crippen LogP contribution in [0.3, 0.4) is 0 Å². The third kappa shape index (κ3) is 3.51. The number of rotatable bonds is 1. The number of aliphatic hydroxyl groups is 1. The van der Waals surface area contributed by atoms with Crippen LogP contribution in [0.15, 0.2) is 35.5 Å². The summed E-state index contributed by atoms with van der Waals surface area (Å²) in [6.45, 7) is 13.5. The molecule has 118 valence electrons. The van der Waals surface area contributed by atoms with E-state index in [0.717, 1.165) is 43.1 Å². The van der Waals surface area contributed by atoms with Gasteiger partial charge in [0.15, 0.2) is 0 Å². The Kier molecular flexibility index (Phi) is 5.14. The Bertz CT molecular complexity index is 454. The molecule has 1 nitrogen and oxygen atoms in total. The maximum atomic E-state index is 10.2. The maximum Gasteiger partial charge on any atom is 0.0750 e. The van der Waals surface area contributed by atoms with Crippen molar-refractivity contribution >= 4 is 0 Å². The van der Waals surface area contributed by atoms with Gasteiger partial charge in [-0.3, -0.25) is 0 Å². The zero-order valence-corrected chi connectivity index (χ0v) is 14.3. The molecule has 0 heterocycles. The molecule has 0 fully saturated rings. The van der Waals surface area contributed by atoms with Crippen LogP contribution in [0.5, 0.6) is 0 Å². The van der Waals surface area contributed by atoms with Gasteiger partial charge < -0.3 is 5.11 Å². The van der Waals surface area contributed by atoms with Crippen LogP contribution in [0, 0.1) is 17.3 Å². The van der Waals surface area contributed by atoms with Crippen molar-refractivity contribution < 1.29 is 5.11 Å². The van der Waals surface area contributed by atoms with E-state index in [9.17, 15) is 5.11 Å². The molecule has 0 bridgehead atoms. The highest BCUT2D eigenvalue weighted by molar-refractivity contribution is 5.27. The van der Waals surface area contributed by atoms with Gasteiger partial charge in [0.25, 0.3) is 0 Å². The fourth-order valence-corrected chi connectivity index (χ4v) is 4.21.